The van der Waals surface area contributed by atoms with Crippen LogP contribution in [0.5, 0.6) is 0 Å². The number of anilines is 1. The summed E-state index contributed by atoms with van der Waals surface area (Å²) >= 11 is 0.974. The highest BCUT2D eigenvalue weighted by Gasteiger charge is 2.27. The summed E-state index contributed by atoms with van der Waals surface area (Å²) in [6, 6.07) is 9.32. The van der Waals surface area contributed by atoms with Crippen molar-refractivity contribution >= 4 is 40.3 Å². The van der Waals surface area contributed by atoms with Crippen molar-refractivity contribution in [3.63, 3.8) is 0 Å². The van der Waals surface area contributed by atoms with Gasteiger partial charge in [-0.05, 0) is 31.1 Å². The largest absolute Gasteiger partial charge is 0.462 e. The normalized spacial score (nSPS) is 10.7. The molecule has 0 aliphatic carbocycles. The van der Waals surface area contributed by atoms with Crippen LogP contribution in [0.2, 0.25) is 0 Å². The summed E-state index contributed by atoms with van der Waals surface area (Å²) in [5.41, 5.74) is 1.41. The van der Waals surface area contributed by atoms with Gasteiger partial charge in [-0.3, -0.25) is 4.79 Å². The molecule has 29 heavy (non-hydrogen) atoms. The summed E-state index contributed by atoms with van der Waals surface area (Å²) in [6.07, 6.45) is 3.01. The summed E-state index contributed by atoms with van der Waals surface area (Å²) in [4.78, 5) is 37.3. The fourth-order valence-corrected chi connectivity index (χ4v) is 3.51. The van der Waals surface area contributed by atoms with Crippen molar-refractivity contribution in [2.45, 2.75) is 13.8 Å². The fraction of sp³-hybridized carbons (Fsp3) is 0.286. The van der Waals surface area contributed by atoms with Crippen molar-refractivity contribution in [3.8, 4) is 0 Å². The van der Waals surface area contributed by atoms with Gasteiger partial charge in [-0.15, -0.1) is 11.3 Å². The maximum absolute atomic E-state index is 12.4. The first-order valence-electron chi connectivity index (χ1n) is 8.98. The Morgan fingerprint density at radius 3 is 2.45 bits per heavy atom. The number of carbonyl (C=O) groups excluding carboxylic acids is 3. The summed E-state index contributed by atoms with van der Waals surface area (Å²) < 4.78 is 15.1. The van der Waals surface area contributed by atoms with Crippen molar-refractivity contribution in [2.24, 2.45) is 0 Å². The second-order valence-electron chi connectivity index (χ2n) is 5.84. The number of rotatable bonds is 9. The highest BCUT2D eigenvalue weighted by atomic mass is 32.1. The van der Waals surface area contributed by atoms with Crippen molar-refractivity contribution in [3.05, 3.63) is 58.0 Å². The SMILES string of the molecule is CCOC(=O)c1c(NC(=O)/C=C/c2ccccc2)sc(C(=O)OCCOC)c1C. The van der Waals surface area contributed by atoms with Gasteiger partial charge in [-0.2, -0.15) is 0 Å². The lowest BCUT2D eigenvalue weighted by Crippen LogP contribution is -2.13. The molecule has 0 saturated heterocycles. The molecule has 1 amide bonds. The van der Waals surface area contributed by atoms with E-state index in [9.17, 15) is 14.4 Å². The standard InChI is InChI=1S/C21H23NO6S/c1-4-27-20(24)17-14(2)18(21(25)28-13-12-26-3)29-19(17)22-16(23)11-10-15-8-6-5-7-9-15/h5-11H,4,12-13H2,1-3H3,(H,22,23)/b11-10+. The second-order valence-corrected chi connectivity index (χ2v) is 6.86. The van der Waals surface area contributed by atoms with Gasteiger partial charge in [0.15, 0.2) is 0 Å². The number of thiophene rings is 1. The number of nitrogens with one attached hydrogen (secondary N) is 1. The number of ether oxygens (including phenoxy) is 3. The first-order valence-corrected chi connectivity index (χ1v) is 9.80. The van der Waals surface area contributed by atoms with Crippen molar-refractivity contribution in [2.75, 3.05) is 32.2 Å². The monoisotopic (exact) mass is 417 g/mol. The van der Waals surface area contributed by atoms with E-state index in [1.54, 1.807) is 19.9 Å². The number of benzene rings is 1. The summed E-state index contributed by atoms with van der Waals surface area (Å²) in [7, 11) is 1.50. The predicted octanol–water partition coefficient (Wildman–Crippen LogP) is 3.69. The molecule has 0 bridgehead atoms. The van der Waals surface area contributed by atoms with E-state index in [1.807, 2.05) is 30.3 Å². The lowest BCUT2D eigenvalue weighted by molar-refractivity contribution is -0.111. The molecule has 7 nitrogen and oxygen atoms in total. The van der Waals surface area contributed by atoms with Gasteiger partial charge < -0.3 is 19.5 Å². The molecular formula is C21H23NO6S. The van der Waals surface area contributed by atoms with Crippen LogP contribution in [-0.2, 0) is 19.0 Å². The van der Waals surface area contributed by atoms with E-state index in [4.69, 9.17) is 14.2 Å². The fourth-order valence-electron chi connectivity index (χ4n) is 2.42. The molecule has 1 heterocycles. The van der Waals surface area contributed by atoms with E-state index in [1.165, 1.54) is 13.2 Å². The molecule has 0 atom stereocenters. The highest BCUT2D eigenvalue weighted by molar-refractivity contribution is 7.18. The number of amides is 1. The van der Waals surface area contributed by atoms with Crippen LogP contribution in [0, 0.1) is 6.92 Å². The third kappa shape index (κ3) is 6.27. The summed E-state index contributed by atoms with van der Waals surface area (Å²) in [5.74, 6) is -1.63. The number of hydrogen-bond acceptors (Lipinski definition) is 7. The quantitative estimate of drug-likeness (QED) is 0.380. The Morgan fingerprint density at radius 2 is 1.79 bits per heavy atom. The van der Waals surface area contributed by atoms with Gasteiger partial charge in [0.1, 0.15) is 16.5 Å². The molecule has 0 spiro atoms. The number of esters is 2. The van der Waals surface area contributed by atoms with E-state index in [-0.39, 0.29) is 35.3 Å². The zero-order valence-corrected chi connectivity index (χ0v) is 17.3. The highest BCUT2D eigenvalue weighted by Crippen LogP contribution is 2.34. The van der Waals surface area contributed by atoms with Gasteiger partial charge in [0.25, 0.3) is 0 Å². The first kappa shape index (κ1) is 22.3. The molecule has 1 aromatic carbocycles. The molecule has 0 saturated carbocycles. The Kier molecular flexibility index (Phi) is 8.57. The molecule has 0 fully saturated rings. The first-order chi connectivity index (χ1) is 14.0. The van der Waals surface area contributed by atoms with Gasteiger partial charge in [0, 0.05) is 13.2 Å². The third-order valence-corrected chi connectivity index (χ3v) is 4.98. The summed E-state index contributed by atoms with van der Waals surface area (Å²) in [5, 5.41) is 2.90. The molecule has 1 N–H and O–H groups in total. The molecule has 2 rings (SSSR count). The topological polar surface area (TPSA) is 90.9 Å². The maximum atomic E-state index is 12.4. The average Bonchev–Trinajstić information content (AvgIpc) is 3.03. The van der Waals surface area contributed by atoms with E-state index in [0.29, 0.717) is 5.56 Å². The Morgan fingerprint density at radius 1 is 1.07 bits per heavy atom. The Labute approximate surface area is 173 Å². The molecule has 0 radical (unpaired) electrons. The van der Waals surface area contributed by atoms with Gasteiger partial charge in [-0.1, -0.05) is 30.3 Å². The average molecular weight is 417 g/mol. The molecular weight excluding hydrogens is 394 g/mol. The van der Waals surface area contributed by atoms with Crippen molar-refractivity contribution in [1.82, 2.24) is 0 Å². The van der Waals surface area contributed by atoms with Crippen molar-refractivity contribution in [1.29, 1.82) is 0 Å². The van der Waals surface area contributed by atoms with Gasteiger partial charge in [0.05, 0.1) is 18.8 Å². The third-order valence-electron chi connectivity index (χ3n) is 3.80. The lowest BCUT2D eigenvalue weighted by atomic mass is 10.1. The molecule has 0 aliphatic rings. The molecule has 0 aliphatic heterocycles. The Hall–Kier alpha value is -2.97. The van der Waals surface area contributed by atoms with Gasteiger partial charge >= 0.3 is 11.9 Å². The van der Waals surface area contributed by atoms with Crippen LogP contribution in [0.3, 0.4) is 0 Å². The van der Waals surface area contributed by atoms with Crippen LogP contribution < -0.4 is 5.32 Å². The minimum absolute atomic E-state index is 0.0862. The van der Waals surface area contributed by atoms with Crippen LogP contribution in [0.25, 0.3) is 6.08 Å². The van der Waals surface area contributed by atoms with E-state index < -0.39 is 17.8 Å². The maximum Gasteiger partial charge on any atom is 0.348 e. The minimum Gasteiger partial charge on any atom is -0.462 e. The Balaban J connectivity index is 2.25. The predicted molar refractivity (Wildman–Crippen MR) is 111 cm³/mol. The van der Waals surface area contributed by atoms with E-state index in [2.05, 4.69) is 5.32 Å². The molecule has 2 aromatic rings. The number of carbonyl (C=O) groups is 3. The van der Waals surface area contributed by atoms with Crippen molar-refractivity contribution < 1.29 is 28.6 Å². The molecule has 154 valence electrons. The Bertz CT molecular complexity index is 888. The van der Waals surface area contributed by atoms with Crippen LogP contribution >= 0.6 is 11.3 Å². The summed E-state index contributed by atoms with van der Waals surface area (Å²) in [6.45, 7) is 3.81. The van der Waals surface area contributed by atoms with Gasteiger partial charge in [0.2, 0.25) is 5.91 Å². The minimum atomic E-state index is -0.612. The molecule has 8 heteroatoms. The zero-order chi connectivity index (χ0) is 21.2. The molecule has 1 aromatic heterocycles. The van der Waals surface area contributed by atoms with Crippen LogP contribution in [-0.4, -0.2) is 44.8 Å². The zero-order valence-electron chi connectivity index (χ0n) is 16.5. The molecule has 0 unspecified atom stereocenters. The van der Waals surface area contributed by atoms with E-state index >= 15 is 0 Å². The van der Waals surface area contributed by atoms with Crippen LogP contribution in [0.15, 0.2) is 36.4 Å². The number of hydrogen-bond donors (Lipinski definition) is 1. The van der Waals surface area contributed by atoms with Crippen LogP contribution in [0.1, 0.15) is 38.1 Å². The van der Waals surface area contributed by atoms with Gasteiger partial charge in [-0.25, -0.2) is 9.59 Å². The lowest BCUT2D eigenvalue weighted by Gasteiger charge is -2.05. The van der Waals surface area contributed by atoms with E-state index in [0.717, 1.165) is 16.9 Å². The number of methoxy groups -OCH3 is 1. The second kappa shape index (κ2) is 11.1. The smallest absolute Gasteiger partial charge is 0.348 e. The van der Waals surface area contributed by atoms with Crippen LogP contribution in [0.4, 0.5) is 5.00 Å².